The van der Waals surface area contributed by atoms with Crippen LogP contribution >= 0.6 is 0 Å². The summed E-state index contributed by atoms with van der Waals surface area (Å²) in [6.07, 6.45) is 5.02. The number of aliphatic hydroxyl groups is 1. The van der Waals surface area contributed by atoms with Crippen LogP contribution in [0, 0.1) is 5.92 Å². The van der Waals surface area contributed by atoms with Crippen LogP contribution in [0.3, 0.4) is 0 Å². The van der Waals surface area contributed by atoms with Gasteiger partial charge in [-0.3, -0.25) is 4.90 Å². The van der Waals surface area contributed by atoms with Gasteiger partial charge in [0, 0.05) is 0 Å². The zero-order valence-corrected chi connectivity index (χ0v) is 10.2. The Bertz CT molecular complexity index is 204. The van der Waals surface area contributed by atoms with Gasteiger partial charge in [-0.2, -0.15) is 0 Å². The second kappa shape index (κ2) is 7.60. The Kier molecular flexibility index (Phi) is 7.26. The van der Waals surface area contributed by atoms with Gasteiger partial charge in [0.2, 0.25) is 0 Å². The zero-order valence-electron chi connectivity index (χ0n) is 10.2. The molecule has 0 bridgehead atoms. The van der Waals surface area contributed by atoms with E-state index in [9.17, 15) is 9.90 Å². The predicted molar refractivity (Wildman–Crippen MR) is 62.8 cm³/mol. The molecule has 0 aliphatic heterocycles. The largest absolute Gasteiger partial charge is 0.391 e. The molecule has 3 unspecified atom stereocenters. The van der Waals surface area contributed by atoms with Gasteiger partial charge in [-0.1, -0.05) is 26.0 Å². The van der Waals surface area contributed by atoms with E-state index in [1.807, 2.05) is 44.9 Å². The van der Waals surface area contributed by atoms with Crippen molar-refractivity contribution in [3.8, 4) is 0 Å². The Balaban J connectivity index is 4.35. The second-order valence-electron chi connectivity index (χ2n) is 3.97. The van der Waals surface area contributed by atoms with E-state index in [4.69, 9.17) is 0 Å². The number of carbonyl (C=O) groups excluding carboxylic acids is 1. The SMILES string of the molecule is CC=CCC(C)C(O)C(C=O)N(C)CC. The fourth-order valence-corrected chi connectivity index (χ4v) is 1.48. The molecule has 3 heteroatoms. The Hall–Kier alpha value is -0.670. The van der Waals surface area contributed by atoms with Crippen molar-refractivity contribution in [1.82, 2.24) is 4.90 Å². The summed E-state index contributed by atoms with van der Waals surface area (Å²) in [6, 6.07) is -0.393. The molecule has 0 saturated heterocycles. The number of hydrogen-bond acceptors (Lipinski definition) is 3. The van der Waals surface area contributed by atoms with Crippen molar-refractivity contribution >= 4 is 6.29 Å². The van der Waals surface area contributed by atoms with E-state index in [-0.39, 0.29) is 5.92 Å². The molecule has 0 radical (unpaired) electrons. The monoisotopic (exact) mass is 213 g/mol. The fourth-order valence-electron chi connectivity index (χ4n) is 1.48. The van der Waals surface area contributed by atoms with Crippen molar-refractivity contribution < 1.29 is 9.90 Å². The molecular weight excluding hydrogens is 190 g/mol. The van der Waals surface area contributed by atoms with Crippen LogP contribution in [0.5, 0.6) is 0 Å². The number of rotatable bonds is 7. The van der Waals surface area contributed by atoms with E-state index >= 15 is 0 Å². The van der Waals surface area contributed by atoms with E-state index in [1.54, 1.807) is 0 Å². The topological polar surface area (TPSA) is 40.5 Å². The lowest BCUT2D eigenvalue weighted by Gasteiger charge is -2.29. The minimum Gasteiger partial charge on any atom is -0.391 e. The van der Waals surface area contributed by atoms with Crippen LogP contribution in [-0.2, 0) is 4.79 Å². The molecule has 88 valence electrons. The maximum atomic E-state index is 10.9. The average Bonchev–Trinajstić information content (AvgIpc) is 2.26. The number of nitrogens with zero attached hydrogens (tertiary/aromatic N) is 1. The van der Waals surface area contributed by atoms with Crippen molar-refractivity contribution in [3.05, 3.63) is 12.2 Å². The van der Waals surface area contributed by atoms with Gasteiger partial charge in [-0.25, -0.2) is 0 Å². The fraction of sp³-hybridized carbons (Fsp3) is 0.750. The first-order valence-electron chi connectivity index (χ1n) is 5.53. The molecule has 3 nitrogen and oxygen atoms in total. The number of hydrogen-bond donors (Lipinski definition) is 1. The highest BCUT2D eigenvalue weighted by Gasteiger charge is 2.26. The summed E-state index contributed by atoms with van der Waals surface area (Å²) < 4.78 is 0. The average molecular weight is 213 g/mol. The summed E-state index contributed by atoms with van der Waals surface area (Å²) in [5.41, 5.74) is 0. The molecule has 0 aromatic rings. The highest BCUT2D eigenvalue weighted by atomic mass is 16.3. The van der Waals surface area contributed by atoms with Gasteiger partial charge in [-0.15, -0.1) is 0 Å². The summed E-state index contributed by atoms with van der Waals surface area (Å²) in [7, 11) is 1.85. The Labute approximate surface area is 92.8 Å². The maximum Gasteiger partial charge on any atom is 0.139 e. The van der Waals surface area contributed by atoms with Crippen LogP contribution in [0.25, 0.3) is 0 Å². The first-order valence-corrected chi connectivity index (χ1v) is 5.53. The molecule has 0 heterocycles. The summed E-state index contributed by atoms with van der Waals surface area (Å²) in [6.45, 7) is 6.65. The first kappa shape index (κ1) is 14.3. The summed E-state index contributed by atoms with van der Waals surface area (Å²) in [4.78, 5) is 12.8. The number of likely N-dealkylation sites (N-methyl/N-ethyl adjacent to an activating group) is 1. The molecule has 0 amide bonds. The van der Waals surface area contributed by atoms with Crippen molar-refractivity contribution in [1.29, 1.82) is 0 Å². The van der Waals surface area contributed by atoms with Gasteiger partial charge in [0.15, 0.2) is 0 Å². The molecule has 15 heavy (non-hydrogen) atoms. The normalized spacial score (nSPS) is 18.0. The van der Waals surface area contributed by atoms with E-state index in [0.717, 1.165) is 19.3 Å². The van der Waals surface area contributed by atoms with Crippen LogP contribution in [0.2, 0.25) is 0 Å². The van der Waals surface area contributed by atoms with Gasteiger partial charge >= 0.3 is 0 Å². The van der Waals surface area contributed by atoms with E-state index in [0.29, 0.717) is 0 Å². The molecule has 0 aromatic carbocycles. The predicted octanol–water partition coefficient (Wildman–Crippen LogP) is 1.47. The number of allylic oxidation sites excluding steroid dienone is 2. The lowest BCUT2D eigenvalue weighted by atomic mass is 9.94. The third kappa shape index (κ3) is 4.58. The van der Waals surface area contributed by atoms with Crippen molar-refractivity contribution in [3.63, 3.8) is 0 Å². The summed E-state index contributed by atoms with van der Waals surface area (Å²) in [5, 5.41) is 10.00. The lowest BCUT2D eigenvalue weighted by molar-refractivity contribution is -0.116. The molecule has 0 fully saturated rings. The molecule has 0 aliphatic rings. The third-order valence-corrected chi connectivity index (χ3v) is 2.82. The second-order valence-corrected chi connectivity index (χ2v) is 3.97. The lowest BCUT2D eigenvalue weighted by Crippen LogP contribution is -2.45. The minimum absolute atomic E-state index is 0.102. The van der Waals surface area contributed by atoms with Crippen LogP contribution in [0.15, 0.2) is 12.2 Å². The van der Waals surface area contributed by atoms with E-state index in [2.05, 4.69) is 0 Å². The van der Waals surface area contributed by atoms with Gasteiger partial charge in [0.25, 0.3) is 0 Å². The molecular formula is C12H23NO2. The van der Waals surface area contributed by atoms with Crippen molar-refractivity contribution in [2.24, 2.45) is 5.92 Å². The maximum absolute atomic E-state index is 10.9. The summed E-state index contributed by atoms with van der Waals surface area (Å²) >= 11 is 0. The van der Waals surface area contributed by atoms with E-state index in [1.165, 1.54) is 0 Å². The van der Waals surface area contributed by atoms with Crippen LogP contribution < -0.4 is 0 Å². The minimum atomic E-state index is -0.594. The Morgan fingerprint density at radius 2 is 2.07 bits per heavy atom. The zero-order chi connectivity index (χ0) is 11.8. The van der Waals surface area contributed by atoms with Crippen molar-refractivity contribution in [2.75, 3.05) is 13.6 Å². The molecule has 0 aromatic heterocycles. The van der Waals surface area contributed by atoms with Gasteiger partial charge in [0.05, 0.1) is 12.1 Å². The third-order valence-electron chi connectivity index (χ3n) is 2.82. The van der Waals surface area contributed by atoms with E-state index < -0.39 is 12.1 Å². The van der Waals surface area contributed by atoms with Crippen LogP contribution in [0.4, 0.5) is 0 Å². The molecule has 0 spiro atoms. The first-order chi connectivity index (χ1) is 7.08. The molecule has 0 aliphatic carbocycles. The molecule has 0 rings (SSSR count). The molecule has 0 saturated carbocycles. The molecule has 3 atom stereocenters. The van der Waals surface area contributed by atoms with Gasteiger partial charge in [0.1, 0.15) is 6.29 Å². The standard InChI is InChI=1S/C12H23NO2/c1-5-7-8-10(3)12(15)11(9-14)13(4)6-2/h5,7,9-12,15H,6,8H2,1-4H3. The van der Waals surface area contributed by atoms with Crippen LogP contribution in [-0.4, -0.2) is 42.0 Å². The molecule has 1 N–H and O–H groups in total. The summed E-state index contributed by atoms with van der Waals surface area (Å²) in [5.74, 6) is 0.102. The van der Waals surface area contributed by atoms with Crippen LogP contribution in [0.1, 0.15) is 27.2 Å². The number of aliphatic hydroxyl groups excluding tert-OH is 1. The number of carbonyl (C=O) groups is 1. The number of aldehydes is 1. The van der Waals surface area contributed by atoms with Gasteiger partial charge < -0.3 is 9.90 Å². The van der Waals surface area contributed by atoms with Gasteiger partial charge in [-0.05, 0) is 32.9 Å². The highest BCUT2D eigenvalue weighted by Crippen LogP contribution is 2.14. The van der Waals surface area contributed by atoms with Crippen molar-refractivity contribution in [2.45, 2.75) is 39.3 Å². The Morgan fingerprint density at radius 1 is 1.47 bits per heavy atom. The highest BCUT2D eigenvalue weighted by molar-refractivity contribution is 5.58. The smallest absolute Gasteiger partial charge is 0.139 e. The Morgan fingerprint density at radius 3 is 2.47 bits per heavy atom. The quantitative estimate of drug-likeness (QED) is 0.514.